The number of primary amides is 1. The number of nitrogen functional groups attached to an aromatic ring is 1. The van der Waals surface area contributed by atoms with Crippen molar-refractivity contribution in [3.05, 3.63) is 24.3 Å². The minimum Gasteiger partial charge on any atom is -0.399 e. The highest BCUT2D eigenvalue weighted by Gasteiger charge is 2.03. The monoisotopic (exact) mass is 179 g/mol. The van der Waals surface area contributed by atoms with Crippen molar-refractivity contribution in [2.75, 3.05) is 24.2 Å². The maximum absolute atomic E-state index is 10.6. The highest BCUT2D eigenvalue weighted by atomic mass is 16.1. The average Bonchev–Trinajstić information content (AvgIpc) is 2.03. The van der Waals surface area contributed by atoms with Gasteiger partial charge in [0.2, 0.25) is 5.91 Å². The van der Waals surface area contributed by atoms with Crippen LogP contribution in [-0.2, 0) is 4.79 Å². The van der Waals surface area contributed by atoms with Gasteiger partial charge in [-0.15, -0.1) is 0 Å². The molecule has 1 rings (SSSR count). The van der Waals surface area contributed by atoms with Gasteiger partial charge in [-0.1, -0.05) is 6.07 Å². The fourth-order valence-electron chi connectivity index (χ4n) is 1.09. The molecule has 0 fully saturated rings. The van der Waals surface area contributed by atoms with Crippen molar-refractivity contribution in [2.45, 2.75) is 0 Å². The summed E-state index contributed by atoms with van der Waals surface area (Å²) in [6.07, 6.45) is 0. The summed E-state index contributed by atoms with van der Waals surface area (Å²) >= 11 is 0. The van der Waals surface area contributed by atoms with Crippen LogP contribution in [0.15, 0.2) is 24.3 Å². The van der Waals surface area contributed by atoms with E-state index in [1.807, 2.05) is 12.1 Å². The lowest BCUT2D eigenvalue weighted by Crippen LogP contribution is -2.30. The lowest BCUT2D eigenvalue weighted by molar-refractivity contribution is -0.116. The third-order valence-electron chi connectivity index (χ3n) is 1.70. The molecule has 0 spiro atoms. The Labute approximate surface area is 77.1 Å². The fourth-order valence-corrected chi connectivity index (χ4v) is 1.09. The lowest BCUT2D eigenvalue weighted by Gasteiger charge is -2.17. The van der Waals surface area contributed by atoms with E-state index in [2.05, 4.69) is 0 Å². The molecule has 0 aliphatic heterocycles. The molecule has 0 aliphatic rings. The number of carbonyl (C=O) groups excluding carboxylic acids is 1. The molecule has 0 heterocycles. The number of nitrogens with zero attached hydrogens (tertiary/aromatic N) is 1. The van der Waals surface area contributed by atoms with Gasteiger partial charge in [-0.2, -0.15) is 0 Å². The standard InChI is InChI=1S/C9H13N3O/c1-12(6-9(11)13)8-4-2-3-7(10)5-8/h2-5H,6,10H2,1H3,(H2,11,13). The normalized spacial score (nSPS) is 9.62. The van der Waals surface area contributed by atoms with Crippen LogP contribution in [0.2, 0.25) is 0 Å². The molecule has 0 aliphatic carbocycles. The van der Waals surface area contributed by atoms with Crippen molar-refractivity contribution in [3.63, 3.8) is 0 Å². The highest BCUT2D eigenvalue weighted by Crippen LogP contribution is 2.15. The van der Waals surface area contributed by atoms with Crippen LogP contribution in [0.5, 0.6) is 0 Å². The fraction of sp³-hybridized carbons (Fsp3) is 0.222. The van der Waals surface area contributed by atoms with Gasteiger partial charge < -0.3 is 16.4 Å². The Morgan fingerprint density at radius 3 is 2.77 bits per heavy atom. The van der Waals surface area contributed by atoms with Crippen LogP contribution in [0, 0.1) is 0 Å². The van der Waals surface area contributed by atoms with Gasteiger partial charge in [0, 0.05) is 18.4 Å². The van der Waals surface area contributed by atoms with E-state index in [-0.39, 0.29) is 12.5 Å². The summed E-state index contributed by atoms with van der Waals surface area (Å²) in [6, 6.07) is 7.30. The molecule has 1 aromatic carbocycles. The number of benzene rings is 1. The number of rotatable bonds is 3. The Bertz CT molecular complexity index is 311. The molecule has 0 saturated carbocycles. The van der Waals surface area contributed by atoms with Crippen molar-refractivity contribution in [3.8, 4) is 0 Å². The van der Waals surface area contributed by atoms with Crippen molar-refractivity contribution < 1.29 is 4.79 Å². The second kappa shape index (κ2) is 3.80. The molecule has 4 nitrogen and oxygen atoms in total. The van der Waals surface area contributed by atoms with Crippen molar-refractivity contribution in [2.24, 2.45) is 5.73 Å². The van der Waals surface area contributed by atoms with E-state index in [1.54, 1.807) is 24.1 Å². The summed E-state index contributed by atoms with van der Waals surface area (Å²) < 4.78 is 0. The molecular weight excluding hydrogens is 166 g/mol. The maximum atomic E-state index is 10.6. The van der Waals surface area contributed by atoms with Crippen LogP contribution in [0.1, 0.15) is 0 Å². The van der Waals surface area contributed by atoms with Crippen molar-refractivity contribution >= 4 is 17.3 Å². The highest BCUT2D eigenvalue weighted by molar-refractivity contribution is 5.79. The maximum Gasteiger partial charge on any atom is 0.236 e. The molecule has 0 saturated heterocycles. The zero-order valence-corrected chi connectivity index (χ0v) is 7.53. The van der Waals surface area contributed by atoms with E-state index in [1.165, 1.54) is 0 Å². The van der Waals surface area contributed by atoms with E-state index in [4.69, 9.17) is 11.5 Å². The van der Waals surface area contributed by atoms with Crippen LogP contribution in [0.25, 0.3) is 0 Å². The zero-order chi connectivity index (χ0) is 9.84. The van der Waals surface area contributed by atoms with E-state index in [0.717, 1.165) is 5.69 Å². The summed E-state index contributed by atoms with van der Waals surface area (Å²) in [6.45, 7) is 0.198. The Kier molecular flexibility index (Phi) is 2.74. The first-order valence-electron chi connectivity index (χ1n) is 3.94. The summed E-state index contributed by atoms with van der Waals surface area (Å²) in [7, 11) is 1.79. The Morgan fingerprint density at radius 2 is 2.23 bits per heavy atom. The molecule has 70 valence electrons. The van der Waals surface area contributed by atoms with Crippen LogP contribution in [0.4, 0.5) is 11.4 Å². The summed E-state index contributed by atoms with van der Waals surface area (Å²) in [5.74, 6) is -0.357. The molecule has 4 N–H and O–H groups in total. The van der Waals surface area contributed by atoms with E-state index < -0.39 is 0 Å². The minimum atomic E-state index is -0.357. The SMILES string of the molecule is CN(CC(N)=O)c1cccc(N)c1. The molecule has 13 heavy (non-hydrogen) atoms. The minimum absolute atomic E-state index is 0.198. The van der Waals surface area contributed by atoms with Gasteiger partial charge in [0.15, 0.2) is 0 Å². The molecule has 1 amide bonds. The van der Waals surface area contributed by atoms with Crippen LogP contribution in [-0.4, -0.2) is 19.5 Å². The molecule has 0 unspecified atom stereocenters. The van der Waals surface area contributed by atoms with E-state index >= 15 is 0 Å². The molecular formula is C9H13N3O. The first-order valence-corrected chi connectivity index (χ1v) is 3.94. The topological polar surface area (TPSA) is 72.3 Å². The summed E-state index contributed by atoms with van der Waals surface area (Å²) in [5, 5.41) is 0. The van der Waals surface area contributed by atoms with Gasteiger partial charge in [0.1, 0.15) is 0 Å². The van der Waals surface area contributed by atoms with Gasteiger partial charge in [0.25, 0.3) is 0 Å². The first-order chi connectivity index (χ1) is 6.09. The number of nitrogens with two attached hydrogens (primary N) is 2. The second-order valence-electron chi connectivity index (χ2n) is 2.92. The smallest absolute Gasteiger partial charge is 0.236 e. The van der Waals surface area contributed by atoms with E-state index in [0.29, 0.717) is 5.69 Å². The lowest BCUT2D eigenvalue weighted by atomic mass is 10.2. The largest absolute Gasteiger partial charge is 0.399 e. The predicted molar refractivity (Wildman–Crippen MR) is 53.3 cm³/mol. The summed E-state index contributed by atoms with van der Waals surface area (Å²) in [4.78, 5) is 12.4. The summed E-state index contributed by atoms with van der Waals surface area (Å²) in [5.41, 5.74) is 12.2. The second-order valence-corrected chi connectivity index (χ2v) is 2.92. The number of anilines is 2. The quantitative estimate of drug-likeness (QED) is 0.650. The number of hydrogen-bond acceptors (Lipinski definition) is 3. The zero-order valence-electron chi connectivity index (χ0n) is 7.53. The first kappa shape index (κ1) is 9.38. The van der Waals surface area contributed by atoms with Gasteiger partial charge in [-0.05, 0) is 18.2 Å². The third-order valence-corrected chi connectivity index (χ3v) is 1.70. The third kappa shape index (κ3) is 2.66. The van der Waals surface area contributed by atoms with Gasteiger partial charge in [-0.3, -0.25) is 4.79 Å². The number of hydrogen-bond donors (Lipinski definition) is 2. The average molecular weight is 179 g/mol. The van der Waals surface area contributed by atoms with E-state index in [9.17, 15) is 4.79 Å². The predicted octanol–water partition coefficient (Wildman–Crippen LogP) is 0.190. The Hall–Kier alpha value is -1.71. The van der Waals surface area contributed by atoms with Crippen LogP contribution >= 0.6 is 0 Å². The van der Waals surface area contributed by atoms with Gasteiger partial charge >= 0.3 is 0 Å². The van der Waals surface area contributed by atoms with Crippen molar-refractivity contribution in [1.82, 2.24) is 0 Å². The van der Waals surface area contributed by atoms with Crippen molar-refractivity contribution in [1.29, 1.82) is 0 Å². The Morgan fingerprint density at radius 1 is 1.54 bits per heavy atom. The Balaban J connectivity index is 2.76. The molecule has 0 atom stereocenters. The molecule has 0 aromatic heterocycles. The molecule has 1 aromatic rings. The number of carbonyl (C=O) groups is 1. The molecule has 0 bridgehead atoms. The molecule has 0 radical (unpaired) electrons. The van der Waals surface area contributed by atoms with Crippen LogP contribution < -0.4 is 16.4 Å². The molecule has 4 heteroatoms. The number of amides is 1. The van der Waals surface area contributed by atoms with Gasteiger partial charge in [0.05, 0.1) is 6.54 Å². The number of likely N-dealkylation sites (N-methyl/N-ethyl adjacent to an activating group) is 1. The van der Waals surface area contributed by atoms with Crippen LogP contribution in [0.3, 0.4) is 0 Å². The van der Waals surface area contributed by atoms with Gasteiger partial charge in [-0.25, -0.2) is 0 Å².